The average molecular weight is 254 g/mol. The molecule has 1 aromatic rings. The molecule has 0 unspecified atom stereocenters. The van der Waals surface area contributed by atoms with Crippen LogP contribution in [0.25, 0.3) is 0 Å². The highest BCUT2D eigenvalue weighted by Crippen LogP contribution is 2.28. The molecule has 0 aromatic carbocycles. The second-order valence-electron chi connectivity index (χ2n) is 4.09. The van der Waals surface area contributed by atoms with Gasteiger partial charge in [0.25, 0.3) is 0 Å². The van der Waals surface area contributed by atoms with Gasteiger partial charge >= 0.3 is 5.97 Å². The zero-order valence-electron chi connectivity index (χ0n) is 10.1. The van der Waals surface area contributed by atoms with Crippen LogP contribution < -0.4 is 5.73 Å². The van der Waals surface area contributed by atoms with Crippen molar-refractivity contribution in [3.8, 4) is 0 Å². The van der Waals surface area contributed by atoms with E-state index in [1.165, 1.54) is 10.4 Å². The zero-order chi connectivity index (χ0) is 12.3. The number of fused-ring (bicyclic) bond motifs is 1. The van der Waals surface area contributed by atoms with E-state index in [0.29, 0.717) is 13.2 Å². The molecule has 1 aromatic heterocycles. The van der Waals surface area contributed by atoms with Gasteiger partial charge in [-0.15, -0.1) is 11.3 Å². The first-order valence-corrected chi connectivity index (χ1v) is 6.77. The summed E-state index contributed by atoms with van der Waals surface area (Å²) in [6.07, 6.45) is 1.01. The van der Waals surface area contributed by atoms with Crippen LogP contribution in [0.5, 0.6) is 0 Å². The van der Waals surface area contributed by atoms with Crippen molar-refractivity contribution in [3.05, 3.63) is 21.4 Å². The SMILES string of the molecule is CCOC(=O)c1cc2c(s1)CN(CCN)CC2. The van der Waals surface area contributed by atoms with Gasteiger partial charge < -0.3 is 10.5 Å². The van der Waals surface area contributed by atoms with Gasteiger partial charge in [0.1, 0.15) is 4.88 Å². The van der Waals surface area contributed by atoms with Crippen LogP contribution in [-0.4, -0.2) is 37.1 Å². The molecule has 0 saturated heterocycles. The summed E-state index contributed by atoms with van der Waals surface area (Å²) < 4.78 is 5.02. The van der Waals surface area contributed by atoms with Crippen molar-refractivity contribution in [1.82, 2.24) is 4.90 Å². The van der Waals surface area contributed by atoms with E-state index in [0.717, 1.165) is 30.9 Å². The van der Waals surface area contributed by atoms with Crippen molar-refractivity contribution >= 4 is 17.3 Å². The highest BCUT2D eigenvalue weighted by atomic mass is 32.1. The van der Waals surface area contributed by atoms with Crippen molar-refractivity contribution < 1.29 is 9.53 Å². The summed E-state index contributed by atoms with van der Waals surface area (Å²) in [7, 11) is 0. The largest absolute Gasteiger partial charge is 0.462 e. The molecule has 1 aliphatic heterocycles. The molecule has 17 heavy (non-hydrogen) atoms. The number of rotatable bonds is 4. The van der Waals surface area contributed by atoms with Gasteiger partial charge in [-0.2, -0.15) is 0 Å². The first-order chi connectivity index (χ1) is 8.24. The lowest BCUT2D eigenvalue weighted by atomic mass is 10.1. The molecule has 0 aliphatic carbocycles. The topological polar surface area (TPSA) is 55.6 Å². The molecule has 0 amide bonds. The molecule has 0 spiro atoms. The van der Waals surface area contributed by atoms with Gasteiger partial charge in [0, 0.05) is 31.1 Å². The van der Waals surface area contributed by atoms with Gasteiger partial charge in [-0.05, 0) is 25.0 Å². The molecule has 2 heterocycles. The van der Waals surface area contributed by atoms with Gasteiger partial charge in [-0.3, -0.25) is 4.90 Å². The Bertz CT molecular complexity index is 403. The maximum Gasteiger partial charge on any atom is 0.348 e. The van der Waals surface area contributed by atoms with E-state index in [1.807, 2.05) is 13.0 Å². The van der Waals surface area contributed by atoms with Crippen molar-refractivity contribution in [2.24, 2.45) is 5.73 Å². The van der Waals surface area contributed by atoms with Crippen molar-refractivity contribution in [1.29, 1.82) is 0 Å². The van der Waals surface area contributed by atoms with E-state index in [2.05, 4.69) is 4.90 Å². The van der Waals surface area contributed by atoms with Crippen LogP contribution in [0.4, 0.5) is 0 Å². The minimum absolute atomic E-state index is 0.197. The van der Waals surface area contributed by atoms with Crippen LogP contribution in [0.3, 0.4) is 0 Å². The fraction of sp³-hybridized carbons (Fsp3) is 0.583. The lowest BCUT2D eigenvalue weighted by Gasteiger charge is -2.25. The Hall–Kier alpha value is -0.910. The minimum atomic E-state index is -0.197. The number of ether oxygens (including phenoxy) is 1. The second kappa shape index (κ2) is 5.62. The third kappa shape index (κ3) is 2.86. The zero-order valence-corrected chi connectivity index (χ0v) is 10.9. The van der Waals surface area contributed by atoms with Gasteiger partial charge in [0.2, 0.25) is 0 Å². The highest BCUT2D eigenvalue weighted by molar-refractivity contribution is 7.14. The van der Waals surface area contributed by atoms with Gasteiger partial charge in [-0.25, -0.2) is 4.79 Å². The molecule has 4 nitrogen and oxygen atoms in total. The Labute approximate surface area is 105 Å². The summed E-state index contributed by atoms with van der Waals surface area (Å²) >= 11 is 1.56. The molecule has 0 atom stereocenters. The highest BCUT2D eigenvalue weighted by Gasteiger charge is 2.21. The molecule has 0 fully saturated rings. The smallest absolute Gasteiger partial charge is 0.348 e. The monoisotopic (exact) mass is 254 g/mol. The molecular weight excluding hydrogens is 236 g/mol. The number of esters is 1. The van der Waals surface area contributed by atoms with Crippen molar-refractivity contribution in [2.75, 3.05) is 26.2 Å². The lowest BCUT2D eigenvalue weighted by molar-refractivity contribution is 0.0532. The fourth-order valence-corrected chi connectivity index (χ4v) is 3.20. The number of carbonyl (C=O) groups is 1. The lowest BCUT2D eigenvalue weighted by Crippen LogP contribution is -2.33. The van der Waals surface area contributed by atoms with E-state index in [-0.39, 0.29) is 5.97 Å². The summed E-state index contributed by atoms with van der Waals surface area (Å²) in [4.78, 5) is 16.0. The molecule has 94 valence electrons. The quantitative estimate of drug-likeness (QED) is 0.821. The van der Waals surface area contributed by atoms with E-state index in [1.54, 1.807) is 11.3 Å². The predicted molar refractivity (Wildman–Crippen MR) is 68.3 cm³/mol. The van der Waals surface area contributed by atoms with Crippen LogP contribution in [-0.2, 0) is 17.7 Å². The van der Waals surface area contributed by atoms with E-state index >= 15 is 0 Å². The maximum atomic E-state index is 11.6. The summed E-state index contributed by atoms with van der Waals surface area (Å²) in [5, 5.41) is 0. The average Bonchev–Trinajstić information content (AvgIpc) is 2.73. The van der Waals surface area contributed by atoms with Crippen LogP contribution in [0.2, 0.25) is 0 Å². The van der Waals surface area contributed by atoms with Gasteiger partial charge in [0.05, 0.1) is 6.61 Å². The summed E-state index contributed by atoms with van der Waals surface area (Å²) in [6, 6.07) is 1.98. The third-order valence-corrected chi connectivity index (χ3v) is 4.03. The Morgan fingerprint density at radius 2 is 2.47 bits per heavy atom. The maximum absolute atomic E-state index is 11.6. The third-order valence-electron chi connectivity index (χ3n) is 2.88. The summed E-state index contributed by atoms with van der Waals surface area (Å²) in [5.74, 6) is -0.197. The summed E-state index contributed by atoms with van der Waals surface area (Å²) in [5.41, 5.74) is 6.86. The second-order valence-corrected chi connectivity index (χ2v) is 5.23. The molecule has 1 aliphatic rings. The standard InChI is InChI=1S/C12H18N2O2S/c1-2-16-12(15)10-7-9-3-5-14(6-4-13)8-11(9)17-10/h7H,2-6,8,13H2,1H3. The first kappa shape index (κ1) is 12.5. The first-order valence-electron chi connectivity index (χ1n) is 5.95. The Morgan fingerprint density at radius 1 is 1.65 bits per heavy atom. The molecule has 0 radical (unpaired) electrons. The van der Waals surface area contributed by atoms with Crippen LogP contribution in [0.1, 0.15) is 27.0 Å². The van der Waals surface area contributed by atoms with E-state index in [4.69, 9.17) is 10.5 Å². The minimum Gasteiger partial charge on any atom is -0.462 e. The van der Waals surface area contributed by atoms with Crippen LogP contribution in [0, 0.1) is 0 Å². The Morgan fingerprint density at radius 3 is 3.18 bits per heavy atom. The van der Waals surface area contributed by atoms with Gasteiger partial charge in [-0.1, -0.05) is 0 Å². The van der Waals surface area contributed by atoms with Crippen LogP contribution >= 0.6 is 11.3 Å². The summed E-state index contributed by atoms with van der Waals surface area (Å²) in [6.45, 7) is 5.81. The normalized spacial score (nSPS) is 15.6. The number of carbonyl (C=O) groups excluding carboxylic acids is 1. The number of hydrogen-bond donors (Lipinski definition) is 1. The number of thiophene rings is 1. The molecule has 5 heteroatoms. The molecule has 0 bridgehead atoms. The fourth-order valence-electron chi connectivity index (χ4n) is 2.05. The molecule has 0 saturated carbocycles. The molecular formula is C12H18N2O2S. The Kier molecular flexibility index (Phi) is 4.15. The molecule has 2 N–H and O–H groups in total. The van der Waals surface area contributed by atoms with Crippen LogP contribution in [0.15, 0.2) is 6.07 Å². The molecule has 2 rings (SSSR count). The number of nitrogens with two attached hydrogens (primary N) is 1. The predicted octanol–water partition coefficient (Wildman–Crippen LogP) is 1.24. The van der Waals surface area contributed by atoms with E-state index < -0.39 is 0 Å². The van der Waals surface area contributed by atoms with Crippen molar-refractivity contribution in [3.63, 3.8) is 0 Å². The van der Waals surface area contributed by atoms with Crippen molar-refractivity contribution in [2.45, 2.75) is 19.9 Å². The van der Waals surface area contributed by atoms with Gasteiger partial charge in [0.15, 0.2) is 0 Å². The Balaban J connectivity index is 2.09. The number of hydrogen-bond acceptors (Lipinski definition) is 5. The number of nitrogens with zero attached hydrogens (tertiary/aromatic N) is 1. The van der Waals surface area contributed by atoms with E-state index in [9.17, 15) is 4.79 Å².